The molecule has 1 aromatic carbocycles. The van der Waals surface area contributed by atoms with Crippen LogP contribution in [0.25, 0.3) is 0 Å². The molecule has 0 bridgehead atoms. The Morgan fingerprint density at radius 1 is 1.36 bits per heavy atom. The van der Waals surface area contributed by atoms with Crippen LogP contribution in [0.15, 0.2) is 18.2 Å². The second kappa shape index (κ2) is 3.31. The van der Waals surface area contributed by atoms with Crippen molar-refractivity contribution in [3.05, 3.63) is 35.4 Å². The van der Waals surface area contributed by atoms with Crippen LogP contribution in [0.5, 0.6) is 0 Å². The van der Waals surface area contributed by atoms with Crippen LogP contribution in [-0.2, 0) is 6.42 Å². The lowest BCUT2D eigenvalue weighted by molar-refractivity contribution is 0.193. The van der Waals surface area contributed by atoms with E-state index in [1.807, 2.05) is 0 Å². The Hall–Kier alpha value is -0.960. The van der Waals surface area contributed by atoms with Crippen LogP contribution in [-0.4, -0.2) is 13.1 Å². The van der Waals surface area contributed by atoms with Crippen LogP contribution in [0.2, 0.25) is 0 Å². The highest BCUT2D eigenvalue weighted by Gasteiger charge is 2.32. The number of nitrogens with one attached hydrogen (secondary N) is 1. The Balaban J connectivity index is 2.20. The smallest absolute Gasteiger partial charge is 0.162 e. The fourth-order valence-corrected chi connectivity index (χ4v) is 1.82. The molecule has 1 aliphatic heterocycles. The Morgan fingerprint density at radius 3 is 2.64 bits per heavy atom. The predicted molar refractivity (Wildman–Crippen MR) is 51.0 cm³/mol. The molecule has 0 saturated carbocycles. The predicted octanol–water partition coefficient (Wildman–Crippen LogP) is 2.12. The van der Waals surface area contributed by atoms with Gasteiger partial charge in [-0.2, -0.15) is 0 Å². The molecule has 0 radical (unpaired) electrons. The lowest BCUT2D eigenvalue weighted by Crippen LogP contribution is -2.52. The summed E-state index contributed by atoms with van der Waals surface area (Å²) in [5.74, 6) is -1.45. The highest BCUT2D eigenvalue weighted by Crippen LogP contribution is 2.28. The van der Waals surface area contributed by atoms with Gasteiger partial charge in [0.2, 0.25) is 0 Å². The van der Waals surface area contributed by atoms with E-state index in [-0.39, 0.29) is 5.41 Å². The van der Waals surface area contributed by atoms with Gasteiger partial charge in [0.05, 0.1) is 0 Å². The summed E-state index contributed by atoms with van der Waals surface area (Å²) in [4.78, 5) is 0. The highest BCUT2D eigenvalue weighted by molar-refractivity contribution is 5.21. The minimum Gasteiger partial charge on any atom is -0.316 e. The first-order valence-electron chi connectivity index (χ1n) is 4.74. The van der Waals surface area contributed by atoms with Gasteiger partial charge in [0.1, 0.15) is 0 Å². The van der Waals surface area contributed by atoms with E-state index in [9.17, 15) is 8.78 Å². The van der Waals surface area contributed by atoms with Gasteiger partial charge in [0, 0.05) is 13.1 Å². The summed E-state index contributed by atoms with van der Waals surface area (Å²) >= 11 is 0. The molecule has 1 heterocycles. The number of rotatable bonds is 2. The third-order valence-corrected chi connectivity index (χ3v) is 2.75. The third-order valence-electron chi connectivity index (χ3n) is 2.75. The Bertz CT molecular complexity index is 345. The maximum atomic E-state index is 13.3. The van der Waals surface area contributed by atoms with E-state index >= 15 is 0 Å². The maximum Gasteiger partial charge on any atom is 0.162 e. The maximum absolute atomic E-state index is 13.3. The fraction of sp³-hybridized carbons (Fsp3) is 0.455. The molecule has 1 aromatic rings. The summed E-state index contributed by atoms with van der Waals surface area (Å²) < 4.78 is 26.2. The molecule has 1 saturated heterocycles. The summed E-state index contributed by atoms with van der Waals surface area (Å²) in [6.07, 6.45) is 0.601. The first kappa shape index (κ1) is 9.59. The molecule has 0 spiro atoms. The molecule has 0 aliphatic carbocycles. The molecule has 2 rings (SSSR count). The summed E-state index contributed by atoms with van der Waals surface area (Å²) in [6.45, 7) is 3.83. The number of benzene rings is 1. The molecule has 3 heteroatoms. The van der Waals surface area contributed by atoms with Crippen LogP contribution in [0.1, 0.15) is 12.5 Å². The lowest BCUT2D eigenvalue weighted by Gasteiger charge is -2.39. The van der Waals surface area contributed by atoms with Gasteiger partial charge in [-0.1, -0.05) is 19.1 Å². The zero-order chi connectivity index (χ0) is 10.2. The van der Waals surface area contributed by atoms with Crippen molar-refractivity contribution in [2.24, 2.45) is 5.41 Å². The topological polar surface area (TPSA) is 12.0 Å². The summed E-state index contributed by atoms with van der Waals surface area (Å²) in [6, 6.07) is 4.37. The van der Waals surface area contributed by atoms with Gasteiger partial charge in [-0.3, -0.25) is 0 Å². The molecule has 1 nitrogen and oxygen atoms in total. The average Bonchev–Trinajstić information content (AvgIpc) is 2.10. The number of hydrogen-bond acceptors (Lipinski definition) is 1. The third kappa shape index (κ3) is 1.64. The van der Waals surface area contributed by atoms with Gasteiger partial charge in [0.15, 0.2) is 11.6 Å². The number of hydrogen-bond donors (Lipinski definition) is 1. The second-order valence-electron chi connectivity index (χ2n) is 4.30. The SMILES string of the molecule is CC1(Cc2cccc(F)c2F)CNC1. The Labute approximate surface area is 82.1 Å². The van der Waals surface area contributed by atoms with Crippen molar-refractivity contribution >= 4 is 0 Å². The van der Waals surface area contributed by atoms with E-state index in [2.05, 4.69) is 12.2 Å². The molecule has 1 fully saturated rings. The van der Waals surface area contributed by atoms with Gasteiger partial charge in [-0.05, 0) is 23.5 Å². The first-order valence-corrected chi connectivity index (χ1v) is 4.74. The van der Waals surface area contributed by atoms with Gasteiger partial charge < -0.3 is 5.32 Å². The van der Waals surface area contributed by atoms with Crippen molar-refractivity contribution in [1.29, 1.82) is 0 Å². The molecule has 1 N–H and O–H groups in total. The van der Waals surface area contributed by atoms with E-state index in [1.54, 1.807) is 12.1 Å². The highest BCUT2D eigenvalue weighted by atomic mass is 19.2. The van der Waals surface area contributed by atoms with Crippen LogP contribution >= 0.6 is 0 Å². The lowest BCUT2D eigenvalue weighted by atomic mass is 9.78. The second-order valence-corrected chi connectivity index (χ2v) is 4.30. The Morgan fingerprint density at radius 2 is 2.07 bits per heavy atom. The van der Waals surface area contributed by atoms with Crippen molar-refractivity contribution in [2.45, 2.75) is 13.3 Å². The van der Waals surface area contributed by atoms with Crippen LogP contribution < -0.4 is 5.32 Å². The summed E-state index contributed by atoms with van der Waals surface area (Å²) in [5.41, 5.74) is 0.572. The minimum atomic E-state index is -0.751. The van der Waals surface area contributed by atoms with E-state index in [0.717, 1.165) is 19.2 Å². The first-order chi connectivity index (χ1) is 6.61. The van der Waals surface area contributed by atoms with Crippen molar-refractivity contribution in [3.63, 3.8) is 0 Å². The summed E-state index contributed by atoms with van der Waals surface area (Å²) in [5, 5.41) is 3.14. The van der Waals surface area contributed by atoms with Crippen LogP contribution in [0.4, 0.5) is 8.78 Å². The Kier molecular flexibility index (Phi) is 2.27. The van der Waals surface area contributed by atoms with E-state index in [4.69, 9.17) is 0 Å². The normalized spacial score (nSPS) is 19.1. The zero-order valence-electron chi connectivity index (χ0n) is 8.11. The van der Waals surface area contributed by atoms with E-state index in [1.165, 1.54) is 0 Å². The summed E-state index contributed by atoms with van der Waals surface area (Å²) in [7, 11) is 0. The minimum absolute atomic E-state index is 0.0919. The monoisotopic (exact) mass is 197 g/mol. The van der Waals surface area contributed by atoms with Crippen LogP contribution in [0.3, 0.4) is 0 Å². The molecular weight excluding hydrogens is 184 g/mol. The molecular formula is C11H13F2N. The van der Waals surface area contributed by atoms with Gasteiger partial charge >= 0.3 is 0 Å². The van der Waals surface area contributed by atoms with Crippen LogP contribution in [0, 0.1) is 17.0 Å². The van der Waals surface area contributed by atoms with Crippen molar-refractivity contribution in [3.8, 4) is 0 Å². The van der Waals surface area contributed by atoms with E-state index < -0.39 is 11.6 Å². The molecule has 0 unspecified atom stereocenters. The quantitative estimate of drug-likeness (QED) is 0.765. The average molecular weight is 197 g/mol. The standard InChI is InChI=1S/C11H13F2N/c1-11(6-14-7-11)5-8-3-2-4-9(12)10(8)13/h2-4,14H,5-7H2,1H3. The zero-order valence-corrected chi connectivity index (χ0v) is 8.11. The van der Waals surface area contributed by atoms with Crippen molar-refractivity contribution in [2.75, 3.05) is 13.1 Å². The molecule has 14 heavy (non-hydrogen) atoms. The number of halogens is 2. The molecule has 0 atom stereocenters. The van der Waals surface area contributed by atoms with Crippen molar-refractivity contribution < 1.29 is 8.78 Å². The van der Waals surface area contributed by atoms with E-state index in [0.29, 0.717) is 12.0 Å². The van der Waals surface area contributed by atoms with Gasteiger partial charge in [-0.25, -0.2) is 8.78 Å². The largest absolute Gasteiger partial charge is 0.316 e. The van der Waals surface area contributed by atoms with Gasteiger partial charge in [-0.15, -0.1) is 0 Å². The fourth-order valence-electron chi connectivity index (χ4n) is 1.82. The van der Waals surface area contributed by atoms with Gasteiger partial charge in [0.25, 0.3) is 0 Å². The van der Waals surface area contributed by atoms with Crippen molar-refractivity contribution in [1.82, 2.24) is 5.32 Å². The molecule has 76 valence electrons. The molecule has 0 amide bonds. The molecule has 1 aliphatic rings. The molecule has 0 aromatic heterocycles.